The van der Waals surface area contributed by atoms with Crippen molar-refractivity contribution in [1.82, 2.24) is 9.55 Å². The van der Waals surface area contributed by atoms with E-state index < -0.39 is 0 Å². The molecule has 0 saturated carbocycles. The minimum atomic E-state index is 0. The number of aromatic nitrogens is 2. The molecule has 2 rings (SSSR count). The summed E-state index contributed by atoms with van der Waals surface area (Å²) in [6.07, 6.45) is 0. The number of rotatable bonds is 1. The van der Waals surface area contributed by atoms with Crippen LogP contribution in [-0.4, -0.2) is 9.55 Å². The van der Waals surface area contributed by atoms with Crippen LogP contribution in [0.15, 0.2) is 24.3 Å². The van der Waals surface area contributed by atoms with Crippen molar-refractivity contribution >= 4 is 0 Å². The summed E-state index contributed by atoms with van der Waals surface area (Å²) in [6.45, 7) is 10.1. The fourth-order valence-corrected chi connectivity index (χ4v) is 1.86. The van der Waals surface area contributed by atoms with Crippen molar-refractivity contribution in [2.45, 2.75) is 20.8 Å². The molecule has 3 heteroatoms. The zero-order chi connectivity index (χ0) is 11.0. The van der Waals surface area contributed by atoms with Crippen LogP contribution in [0.4, 0.5) is 0 Å². The Bertz CT molecular complexity index is 461. The summed E-state index contributed by atoms with van der Waals surface area (Å²) in [6, 6.07) is 8.26. The van der Waals surface area contributed by atoms with Crippen LogP contribution in [-0.2, 0) is 0 Å². The molecule has 2 aromatic heterocycles. The van der Waals surface area contributed by atoms with E-state index in [9.17, 15) is 0 Å². The van der Waals surface area contributed by atoms with Crippen LogP contribution in [0.5, 0.6) is 0 Å². The maximum absolute atomic E-state index is 4.45. The van der Waals surface area contributed by atoms with E-state index >= 15 is 0 Å². The van der Waals surface area contributed by atoms with Gasteiger partial charge in [0.1, 0.15) is 5.82 Å². The van der Waals surface area contributed by atoms with Crippen LogP contribution in [0, 0.1) is 27.7 Å². The van der Waals surface area contributed by atoms with E-state index in [1.807, 2.05) is 6.07 Å². The van der Waals surface area contributed by atoms with Gasteiger partial charge in [-0.25, -0.2) is 6.92 Å². The topological polar surface area (TPSA) is 17.8 Å². The number of nitrogens with zero attached hydrogens (tertiary/aromatic N) is 2. The van der Waals surface area contributed by atoms with Gasteiger partial charge in [0.15, 0.2) is 0 Å². The van der Waals surface area contributed by atoms with Gasteiger partial charge in [0.2, 0.25) is 0 Å². The van der Waals surface area contributed by atoms with Crippen molar-refractivity contribution in [2.24, 2.45) is 0 Å². The first-order chi connectivity index (χ1) is 7.08. The minimum Gasteiger partial charge on any atom is -0.303 e. The molecule has 0 unspecified atom stereocenters. The third kappa shape index (κ3) is 2.35. The van der Waals surface area contributed by atoms with E-state index in [0.717, 1.165) is 11.5 Å². The van der Waals surface area contributed by atoms with E-state index in [1.165, 1.54) is 17.0 Å². The number of aryl methyl sites for hydroxylation is 3. The zero-order valence-electron chi connectivity index (χ0n) is 10.4. The van der Waals surface area contributed by atoms with Crippen LogP contribution in [0.2, 0.25) is 0 Å². The summed E-state index contributed by atoms with van der Waals surface area (Å²) in [5.41, 5.74) is 4.41. The van der Waals surface area contributed by atoms with Crippen molar-refractivity contribution in [3.05, 3.63) is 53.8 Å². The van der Waals surface area contributed by atoms with Crippen LogP contribution < -0.4 is 18.9 Å². The normalized spacial score (nSPS) is 9.94. The SMILES string of the molecule is [CH2-]c1cc(C)cc(-n2c(C)ccc2C)n1.[Li+]. The average molecular weight is 206 g/mol. The van der Waals surface area contributed by atoms with E-state index in [0.29, 0.717) is 0 Å². The van der Waals surface area contributed by atoms with Crippen molar-refractivity contribution in [2.75, 3.05) is 0 Å². The third-order valence-electron chi connectivity index (χ3n) is 2.51. The van der Waals surface area contributed by atoms with Crippen LogP contribution in [0.25, 0.3) is 5.82 Å². The van der Waals surface area contributed by atoms with Crippen LogP contribution in [0.3, 0.4) is 0 Å². The third-order valence-corrected chi connectivity index (χ3v) is 2.51. The predicted molar refractivity (Wildman–Crippen MR) is 62.2 cm³/mol. The summed E-state index contributed by atoms with van der Waals surface area (Å²) in [4.78, 5) is 4.45. The van der Waals surface area contributed by atoms with Crippen LogP contribution in [0.1, 0.15) is 22.6 Å². The van der Waals surface area contributed by atoms with Gasteiger partial charge in [-0.05, 0) is 32.0 Å². The standard InChI is InChI=1S/C13H15N2.Li/c1-9-7-10(2)14-13(8-9)15-11(3)5-6-12(15)4;/h5-8H,2H2,1,3-4H3;/q-1;+1. The second kappa shape index (κ2) is 4.82. The van der Waals surface area contributed by atoms with E-state index in [-0.39, 0.29) is 18.9 Å². The van der Waals surface area contributed by atoms with Crippen LogP contribution >= 0.6 is 0 Å². The van der Waals surface area contributed by atoms with Crippen molar-refractivity contribution < 1.29 is 18.9 Å². The summed E-state index contributed by atoms with van der Waals surface area (Å²) < 4.78 is 2.14. The Morgan fingerprint density at radius 3 is 2.12 bits per heavy atom. The Morgan fingerprint density at radius 2 is 1.62 bits per heavy atom. The molecule has 0 aliphatic heterocycles. The molecular formula is C13H15LiN2. The molecule has 2 heterocycles. The smallest absolute Gasteiger partial charge is 0.303 e. The summed E-state index contributed by atoms with van der Waals surface area (Å²) in [7, 11) is 0. The summed E-state index contributed by atoms with van der Waals surface area (Å²) in [5.74, 6) is 0.958. The molecule has 0 N–H and O–H groups in total. The summed E-state index contributed by atoms with van der Waals surface area (Å²) >= 11 is 0. The van der Waals surface area contributed by atoms with E-state index in [2.05, 4.69) is 55.4 Å². The molecule has 16 heavy (non-hydrogen) atoms. The first kappa shape index (κ1) is 13.0. The molecule has 0 aromatic carbocycles. The minimum absolute atomic E-state index is 0. The Hall–Kier alpha value is -1.10. The van der Waals surface area contributed by atoms with E-state index in [4.69, 9.17) is 0 Å². The van der Waals surface area contributed by atoms with Gasteiger partial charge in [0.05, 0.1) is 0 Å². The molecule has 2 aromatic rings. The van der Waals surface area contributed by atoms with Crippen molar-refractivity contribution in [1.29, 1.82) is 0 Å². The van der Waals surface area contributed by atoms with Gasteiger partial charge in [0, 0.05) is 11.4 Å². The molecule has 0 aliphatic rings. The van der Waals surface area contributed by atoms with Crippen molar-refractivity contribution in [3.63, 3.8) is 0 Å². The molecule has 0 bridgehead atoms. The number of pyridine rings is 1. The first-order valence-electron chi connectivity index (χ1n) is 5.04. The Labute approximate surface area is 109 Å². The van der Waals surface area contributed by atoms with Gasteiger partial charge in [0.25, 0.3) is 0 Å². The first-order valence-corrected chi connectivity index (χ1v) is 5.04. The largest absolute Gasteiger partial charge is 1.00 e. The summed E-state index contributed by atoms with van der Waals surface area (Å²) in [5, 5.41) is 0. The Morgan fingerprint density at radius 1 is 1.06 bits per heavy atom. The van der Waals surface area contributed by atoms with Crippen molar-refractivity contribution in [3.8, 4) is 5.82 Å². The second-order valence-electron chi connectivity index (χ2n) is 3.95. The van der Waals surface area contributed by atoms with Gasteiger partial charge in [-0.15, -0.1) is 5.56 Å². The maximum Gasteiger partial charge on any atom is 1.00 e. The Balaban J connectivity index is 0.00000128. The molecule has 0 fully saturated rings. The maximum atomic E-state index is 4.45. The molecule has 78 valence electrons. The fourth-order valence-electron chi connectivity index (χ4n) is 1.86. The number of hydrogen-bond donors (Lipinski definition) is 0. The Kier molecular flexibility index (Phi) is 3.91. The average Bonchev–Trinajstić information content (AvgIpc) is 2.44. The molecule has 2 nitrogen and oxygen atoms in total. The monoisotopic (exact) mass is 206 g/mol. The fraction of sp³-hybridized carbons (Fsp3) is 0.231. The molecule has 0 aliphatic carbocycles. The molecule has 0 amide bonds. The molecular weight excluding hydrogens is 191 g/mol. The molecule has 0 saturated heterocycles. The predicted octanol–water partition coefficient (Wildman–Crippen LogP) is -0.0163. The van der Waals surface area contributed by atoms with E-state index in [1.54, 1.807) is 0 Å². The zero-order valence-corrected chi connectivity index (χ0v) is 10.4. The quantitative estimate of drug-likeness (QED) is 0.474. The molecule has 0 atom stereocenters. The molecule has 0 spiro atoms. The van der Waals surface area contributed by atoms with Gasteiger partial charge in [-0.1, -0.05) is 12.6 Å². The second-order valence-corrected chi connectivity index (χ2v) is 3.95. The van der Waals surface area contributed by atoms with Gasteiger partial charge in [-0.2, -0.15) is 6.07 Å². The van der Waals surface area contributed by atoms with Gasteiger partial charge in [-0.3, -0.25) is 4.98 Å². The van der Waals surface area contributed by atoms with Gasteiger partial charge < -0.3 is 4.57 Å². The van der Waals surface area contributed by atoms with Gasteiger partial charge >= 0.3 is 18.9 Å². The number of hydrogen-bond acceptors (Lipinski definition) is 1. The molecule has 0 radical (unpaired) electrons.